The Balaban J connectivity index is 1.38. The number of nitrogens with one attached hydrogen (secondary N) is 1. The summed E-state index contributed by atoms with van der Waals surface area (Å²) in [5.41, 5.74) is 4.71. The molecule has 2 aromatic rings. The van der Waals surface area contributed by atoms with Crippen LogP contribution in [0.5, 0.6) is 0 Å². The minimum Gasteiger partial charge on any atom is -0.345 e. The number of likely N-dealkylation sites (tertiary alicyclic amines) is 1. The van der Waals surface area contributed by atoms with Crippen molar-refractivity contribution >= 4 is 5.91 Å². The number of hydrogen-bond acceptors (Lipinski definition) is 2. The van der Waals surface area contributed by atoms with Crippen LogP contribution in [-0.4, -0.2) is 23.9 Å². The molecule has 0 saturated carbocycles. The largest absolute Gasteiger partial charge is 0.345 e. The maximum atomic E-state index is 12.7. The number of piperidine rings is 1. The lowest BCUT2D eigenvalue weighted by Crippen LogP contribution is -2.33. The van der Waals surface area contributed by atoms with Gasteiger partial charge in [-0.05, 0) is 73.4 Å². The fourth-order valence-corrected chi connectivity index (χ4v) is 4.60. The number of aryl methyl sites for hydroxylation is 1. The van der Waals surface area contributed by atoms with Crippen molar-refractivity contribution in [2.75, 3.05) is 13.1 Å². The highest BCUT2D eigenvalue weighted by Crippen LogP contribution is 2.29. The van der Waals surface area contributed by atoms with E-state index < -0.39 is 0 Å². The normalized spacial score (nSPS) is 22.9. The number of nitrogens with zero attached hydrogens (tertiary/aromatic N) is 1. The van der Waals surface area contributed by atoms with Gasteiger partial charge in [0.15, 0.2) is 0 Å². The fraction of sp³-hybridized carbons (Fsp3) is 0.458. The number of carbonyl (C=O) groups is 1. The number of benzene rings is 2. The van der Waals surface area contributed by atoms with E-state index in [0.29, 0.717) is 0 Å². The van der Waals surface area contributed by atoms with Gasteiger partial charge in [0.1, 0.15) is 0 Å². The number of amides is 1. The SMILES string of the molecule is C[C@@H]1CCCN(Cc2ccc(C(=O)N[C@H]3CCCc4ccccc43)cc2)C1. The van der Waals surface area contributed by atoms with E-state index in [4.69, 9.17) is 0 Å². The molecule has 1 aliphatic heterocycles. The quantitative estimate of drug-likeness (QED) is 0.853. The van der Waals surface area contributed by atoms with E-state index in [1.165, 1.54) is 42.6 Å². The van der Waals surface area contributed by atoms with Gasteiger partial charge in [0.2, 0.25) is 0 Å². The highest BCUT2D eigenvalue weighted by molar-refractivity contribution is 5.94. The molecule has 1 saturated heterocycles. The van der Waals surface area contributed by atoms with Crippen molar-refractivity contribution in [2.45, 2.75) is 51.6 Å². The number of rotatable bonds is 4. The molecule has 142 valence electrons. The molecule has 1 fully saturated rings. The molecule has 2 aromatic carbocycles. The van der Waals surface area contributed by atoms with Crippen LogP contribution >= 0.6 is 0 Å². The van der Waals surface area contributed by atoms with E-state index in [1.807, 2.05) is 12.1 Å². The van der Waals surface area contributed by atoms with Gasteiger partial charge in [0.05, 0.1) is 6.04 Å². The van der Waals surface area contributed by atoms with E-state index in [0.717, 1.165) is 37.3 Å². The second kappa shape index (κ2) is 8.26. The van der Waals surface area contributed by atoms with Crippen molar-refractivity contribution < 1.29 is 4.79 Å². The van der Waals surface area contributed by atoms with Crippen LogP contribution in [0, 0.1) is 5.92 Å². The number of fused-ring (bicyclic) bond motifs is 1. The molecule has 0 bridgehead atoms. The van der Waals surface area contributed by atoms with Crippen LogP contribution in [0.25, 0.3) is 0 Å². The summed E-state index contributed by atoms with van der Waals surface area (Å²) in [4.78, 5) is 15.3. The average molecular weight is 363 g/mol. The maximum absolute atomic E-state index is 12.7. The first kappa shape index (κ1) is 18.2. The standard InChI is InChI=1S/C24H30N2O/c1-18-6-5-15-26(16-18)17-19-11-13-21(14-12-19)24(27)25-23-10-4-8-20-7-2-3-9-22(20)23/h2-3,7,9,11-14,18,23H,4-6,8,10,15-17H2,1H3,(H,25,27)/t18-,23+/m1/s1. The molecule has 1 heterocycles. The molecular formula is C24H30N2O. The summed E-state index contributed by atoms with van der Waals surface area (Å²) in [6, 6.07) is 16.8. The van der Waals surface area contributed by atoms with Crippen molar-refractivity contribution in [2.24, 2.45) is 5.92 Å². The van der Waals surface area contributed by atoms with E-state index in [9.17, 15) is 4.79 Å². The monoisotopic (exact) mass is 362 g/mol. The lowest BCUT2D eigenvalue weighted by atomic mass is 9.87. The molecule has 2 atom stereocenters. The Labute approximate surface area is 162 Å². The van der Waals surface area contributed by atoms with E-state index >= 15 is 0 Å². The zero-order chi connectivity index (χ0) is 18.6. The maximum Gasteiger partial charge on any atom is 0.251 e. The molecule has 0 aromatic heterocycles. The van der Waals surface area contributed by atoms with E-state index in [-0.39, 0.29) is 11.9 Å². The van der Waals surface area contributed by atoms with Crippen LogP contribution in [0.2, 0.25) is 0 Å². The van der Waals surface area contributed by atoms with Gasteiger partial charge in [0, 0.05) is 18.7 Å². The van der Waals surface area contributed by atoms with Crippen LogP contribution < -0.4 is 5.32 Å². The Morgan fingerprint density at radius 2 is 1.89 bits per heavy atom. The average Bonchev–Trinajstić information content (AvgIpc) is 2.69. The highest BCUT2D eigenvalue weighted by atomic mass is 16.1. The Kier molecular flexibility index (Phi) is 5.58. The molecule has 1 aliphatic carbocycles. The third-order valence-electron chi connectivity index (χ3n) is 6.04. The van der Waals surface area contributed by atoms with Crippen LogP contribution in [0.4, 0.5) is 0 Å². The predicted octanol–water partition coefficient (Wildman–Crippen LogP) is 4.73. The Morgan fingerprint density at radius 1 is 1.07 bits per heavy atom. The summed E-state index contributed by atoms with van der Waals surface area (Å²) in [7, 11) is 0. The van der Waals surface area contributed by atoms with Crippen molar-refractivity contribution in [1.29, 1.82) is 0 Å². The van der Waals surface area contributed by atoms with Gasteiger partial charge in [-0.25, -0.2) is 0 Å². The molecule has 0 unspecified atom stereocenters. The molecule has 2 aliphatic rings. The Bertz CT molecular complexity index is 783. The third kappa shape index (κ3) is 4.41. The highest BCUT2D eigenvalue weighted by Gasteiger charge is 2.22. The minimum absolute atomic E-state index is 0.0369. The molecule has 4 rings (SSSR count). The van der Waals surface area contributed by atoms with Gasteiger partial charge in [-0.15, -0.1) is 0 Å². The van der Waals surface area contributed by atoms with Crippen LogP contribution in [0.3, 0.4) is 0 Å². The van der Waals surface area contributed by atoms with Crippen LogP contribution in [-0.2, 0) is 13.0 Å². The van der Waals surface area contributed by atoms with Crippen molar-refractivity contribution in [3.8, 4) is 0 Å². The van der Waals surface area contributed by atoms with Crippen LogP contribution in [0.1, 0.15) is 65.7 Å². The minimum atomic E-state index is 0.0369. The smallest absolute Gasteiger partial charge is 0.251 e. The molecule has 1 amide bonds. The van der Waals surface area contributed by atoms with Gasteiger partial charge in [-0.1, -0.05) is 43.3 Å². The fourth-order valence-electron chi connectivity index (χ4n) is 4.60. The first-order valence-corrected chi connectivity index (χ1v) is 10.4. The zero-order valence-corrected chi connectivity index (χ0v) is 16.3. The number of hydrogen-bond donors (Lipinski definition) is 1. The van der Waals surface area contributed by atoms with Crippen molar-refractivity contribution in [3.63, 3.8) is 0 Å². The predicted molar refractivity (Wildman–Crippen MR) is 110 cm³/mol. The molecule has 0 radical (unpaired) electrons. The Hall–Kier alpha value is -2.13. The van der Waals surface area contributed by atoms with E-state index in [1.54, 1.807) is 0 Å². The summed E-state index contributed by atoms with van der Waals surface area (Å²) in [6.07, 6.45) is 5.92. The van der Waals surface area contributed by atoms with Crippen LogP contribution in [0.15, 0.2) is 48.5 Å². The Morgan fingerprint density at radius 3 is 2.70 bits per heavy atom. The lowest BCUT2D eigenvalue weighted by Gasteiger charge is -2.30. The lowest BCUT2D eigenvalue weighted by molar-refractivity contribution is 0.0932. The number of carbonyl (C=O) groups excluding carboxylic acids is 1. The molecule has 3 nitrogen and oxygen atoms in total. The van der Waals surface area contributed by atoms with Crippen molar-refractivity contribution in [1.82, 2.24) is 10.2 Å². The summed E-state index contributed by atoms with van der Waals surface area (Å²) in [5, 5.41) is 3.25. The van der Waals surface area contributed by atoms with Gasteiger partial charge >= 0.3 is 0 Å². The molecule has 1 N–H and O–H groups in total. The summed E-state index contributed by atoms with van der Waals surface area (Å²) in [5.74, 6) is 0.831. The zero-order valence-electron chi connectivity index (χ0n) is 16.3. The van der Waals surface area contributed by atoms with E-state index in [2.05, 4.69) is 53.5 Å². The van der Waals surface area contributed by atoms with Gasteiger partial charge < -0.3 is 5.32 Å². The van der Waals surface area contributed by atoms with Gasteiger partial charge in [0.25, 0.3) is 5.91 Å². The summed E-state index contributed by atoms with van der Waals surface area (Å²) >= 11 is 0. The van der Waals surface area contributed by atoms with Crippen molar-refractivity contribution in [3.05, 3.63) is 70.8 Å². The third-order valence-corrected chi connectivity index (χ3v) is 6.04. The molecule has 3 heteroatoms. The van der Waals surface area contributed by atoms with Gasteiger partial charge in [-0.2, -0.15) is 0 Å². The first-order chi connectivity index (χ1) is 13.2. The second-order valence-electron chi connectivity index (χ2n) is 8.30. The molecule has 27 heavy (non-hydrogen) atoms. The topological polar surface area (TPSA) is 32.3 Å². The van der Waals surface area contributed by atoms with Gasteiger partial charge in [-0.3, -0.25) is 9.69 Å². The molecular weight excluding hydrogens is 332 g/mol. The summed E-state index contributed by atoms with van der Waals surface area (Å²) in [6.45, 7) is 5.70. The molecule has 0 spiro atoms. The first-order valence-electron chi connectivity index (χ1n) is 10.4. The summed E-state index contributed by atoms with van der Waals surface area (Å²) < 4.78 is 0. The second-order valence-corrected chi connectivity index (χ2v) is 8.30.